The molecule has 6 heteroatoms. The summed E-state index contributed by atoms with van der Waals surface area (Å²) >= 11 is 0. The van der Waals surface area contributed by atoms with Crippen LogP contribution in [0, 0.1) is 11.6 Å². The molecule has 2 rings (SSSR count). The molecule has 19 heavy (non-hydrogen) atoms. The summed E-state index contributed by atoms with van der Waals surface area (Å²) < 4.78 is 28.9. The third kappa shape index (κ3) is 2.72. The van der Waals surface area contributed by atoms with E-state index < -0.39 is 11.6 Å². The van der Waals surface area contributed by atoms with Gasteiger partial charge in [0.25, 0.3) is 0 Å². The number of pyridine rings is 1. The van der Waals surface area contributed by atoms with Gasteiger partial charge in [-0.15, -0.1) is 0 Å². The van der Waals surface area contributed by atoms with Crippen molar-refractivity contribution in [1.29, 1.82) is 0 Å². The lowest BCUT2D eigenvalue weighted by Crippen LogP contribution is -2.10. The Hall–Kier alpha value is -1.98. The highest BCUT2D eigenvalue weighted by molar-refractivity contribution is 5.42. The van der Waals surface area contributed by atoms with E-state index in [1.807, 2.05) is 13.8 Å². The number of rotatable bonds is 5. The maximum absolute atomic E-state index is 13.9. The van der Waals surface area contributed by atoms with E-state index in [-0.39, 0.29) is 11.6 Å². The van der Waals surface area contributed by atoms with Gasteiger partial charge in [0.1, 0.15) is 5.82 Å². The Labute approximate surface area is 110 Å². The Morgan fingerprint density at radius 2 is 2.05 bits per heavy atom. The predicted octanol–water partition coefficient (Wildman–Crippen LogP) is 2.93. The SMILES string of the molecule is CCCc1nccn1-c1nc(NCC)c(F)cc1F. The van der Waals surface area contributed by atoms with Gasteiger partial charge in [-0.25, -0.2) is 18.7 Å². The first kappa shape index (κ1) is 13.5. The first-order valence-electron chi connectivity index (χ1n) is 6.29. The van der Waals surface area contributed by atoms with Gasteiger partial charge in [-0.2, -0.15) is 0 Å². The number of hydrogen-bond acceptors (Lipinski definition) is 3. The minimum Gasteiger partial charge on any atom is -0.368 e. The summed E-state index contributed by atoms with van der Waals surface area (Å²) in [5, 5.41) is 2.77. The zero-order valence-corrected chi connectivity index (χ0v) is 11.0. The normalized spacial score (nSPS) is 10.7. The van der Waals surface area contributed by atoms with Gasteiger partial charge < -0.3 is 5.32 Å². The molecule has 0 bridgehead atoms. The van der Waals surface area contributed by atoms with Gasteiger partial charge in [0.05, 0.1) is 0 Å². The van der Waals surface area contributed by atoms with Crippen LogP contribution in [0.3, 0.4) is 0 Å². The molecule has 0 spiro atoms. The molecule has 0 saturated carbocycles. The number of imidazole rings is 1. The summed E-state index contributed by atoms with van der Waals surface area (Å²) in [6.07, 6.45) is 4.81. The van der Waals surface area contributed by atoms with E-state index in [0.717, 1.165) is 12.5 Å². The second-order valence-corrected chi connectivity index (χ2v) is 4.12. The van der Waals surface area contributed by atoms with Gasteiger partial charge in [-0.05, 0) is 13.3 Å². The number of aryl methyl sites for hydroxylation is 1. The molecule has 2 aromatic rings. The standard InChI is InChI=1S/C13H16F2N4/c1-3-5-11-17-6-7-19(11)13-10(15)8-9(14)12(18-13)16-4-2/h6-8H,3-5H2,1-2H3,(H,16,18). The highest BCUT2D eigenvalue weighted by Crippen LogP contribution is 2.19. The Morgan fingerprint density at radius 1 is 1.26 bits per heavy atom. The Balaban J connectivity index is 2.48. The summed E-state index contributed by atoms with van der Waals surface area (Å²) in [4.78, 5) is 8.17. The van der Waals surface area contributed by atoms with Crippen LogP contribution >= 0.6 is 0 Å². The minimum absolute atomic E-state index is 0.0510. The highest BCUT2D eigenvalue weighted by atomic mass is 19.1. The summed E-state index contributed by atoms with van der Waals surface area (Å²) in [5.41, 5.74) is 0. The van der Waals surface area contributed by atoms with Gasteiger partial charge in [0, 0.05) is 31.4 Å². The maximum atomic E-state index is 13.9. The second kappa shape index (κ2) is 5.77. The Kier molecular flexibility index (Phi) is 4.09. The molecule has 0 radical (unpaired) electrons. The van der Waals surface area contributed by atoms with Crippen molar-refractivity contribution in [3.63, 3.8) is 0 Å². The van der Waals surface area contributed by atoms with E-state index in [0.29, 0.717) is 18.8 Å². The first-order chi connectivity index (χ1) is 9.17. The van der Waals surface area contributed by atoms with E-state index in [2.05, 4.69) is 15.3 Å². The van der Waals surface area contributed by atoms with E-state index in [4.69, 9.17) is 0 Å². The van der Waals surface area contributed by atoms with Crippen LogP contribution in [0.5, 0.6) is 0 Å². The van der Waals surface area contributed by atoms with Crippen LogP contribution in [0.15, 0.2) is 18.5 Å². The van der Waals surface area contributed by atoms with Crippen LogP contribution in [0.4, 0.5) is 14.6 Å². The topological polar surface area (TPSA) is 42.7 Å². The zero-order valence-electron chi connectivity index (χ0n) is 11.0. The fourth-order valence-corrected chi connectivity index (χ4v) is 1.85. The Bertz CT molecular complexity index is 566. The molecule has 0 aliphatic carbocycles. The molecule has 4 nitrogen and oxygen atoms in total. The lowest BCUT2D eigenvalue weighted by atomic mass is 10.3. The molecular formula is C13H16F2N4. The average molecular weight is 266 g/mol. The highest BCUT2D eigenvalue weighted by Gasteiger charge is 2.15. The molecule has 0 aliphatic heterocycles. The van der Waals surface area contributed by atoms with Crippen LogP contribution in [0.25, 0.3) is 5.82 Å². The quantitative estimate of drug-likeness (QED) is 0.904. The lowest BCUT2D eigenvalue weighted by Gasteiger charge is -2.11. The number of nitrogens with one attached hydrogen (secondary N) is 1. The number of aromatic nitrogens is 3. The molecule has 0 aromatic carbocycles. The van der Waals surface area contributed by atoms with Crippen molar-refractivity contribution >= 4 is 5.82 Å². The molecule has 0 fully saturated rings. The third-order valence-corrected chi connectivity index (χ3v) is 2.67. The zero-order chi connectivity index (χ0) is 13.8. The third-order valence-electron chi connectivity index (χ3n) is 2.67. The molecule has 0 saturated heterocycles. The largest absolute Gasteiger partial charge is 0.368 e. The maximum Gasteiger partial charge on any atom is 0.176 e. The molecule has 2 heterocycles. The van der Waals surface area contributed by atoms with Gasteiger partial charge in [-0.1, -0.05) is 6.92 Å². The number of halogens is 2. The summed E-state index contributed by atoms with van der Waals surface area (Å²) in [7, 11) is 0. The van der Waals surface area contributed by atoms with E-state index >= 15 is 0 Å². The van der Waals surface area contributed by atoms with Crippen LogP contribution in [-0.2, 0) is 6.42 Å². The number of anilines is 1. The molecule has 2 aromatic heterocycles. The molecule has 0 unspecified atom stereocenters. The van der Waals surface area contributed by atoms with E-state index in [1.165, 1.54) is 0 Å². The average Bonchev–Trinajstić information content (AvgIpc) is 2.81. The van der Waals surface area contributed by atoms with Crippen LogP contribution < -0.4 is 5.32 Å². The van der Waals surface area contributed by atoms with Gasteiger partial charge in [0.2, 0.25) is 0 Å². The van der Waals surface area contributed by atoms with Crippen molar-refractivity contribution in [1.82, 2.24) is 14.5 Å². The van der Waals surface area contributed by atoms with Crippen molar-refractivity contribution < 1.29 is 8.78 Å². The lowest BCUT2D eigenvalue weighted by molar-refractivity contribution is 0.566. The van der Waals surface area contributed by atoms with Crippen LogP contribution in [-0.4, -0.2) is 21.1 Å². The number of hydrogen-bond donors (Lipinski definition) is 1. The monoisotopic (exact) mass is 266 g/mol. The smallest absolute Gasteiger partial charge is 0.176 e. The van der Waals surface area contributed by atoms with Crippen LogP contribution in [0.1, 0.15) is 26.1 Å². The predicted molar refractivity (Wildman–Crippen MR) is 69.4 cm³/mol. The summed E-state index contributed by atoms with van der Waals surface area (Å²) in [6.45, 7) is 4.35. The van der Waals surface area contributed by atoms with Crippen molar-refractivity contribution in [2.75, 3.05) is 11.9 Å². The second-order valence-electron chi connectivity index (χ2n) is 4.12. The van der Waals surface area contributed by atoms with Crippen molar-refractivity contribution in [2.45, 2.75) is 26.7 Å². The van der Waals surface area contributed by atoms with E-state index in [9.17, 15) is 8.78 Å². The molecule has 0 amide bonds. The van der Waals surface area contributed by atoms with Crippen molar-refractivity contribution in [2.24, 2.45) is 0 Å². The fraction of sp³-hybridized carbons (Fsp3) is 0.385. The molecular weight excluding hydrogens is 250 g/mol. The molecule has 0 aliphatic rings. The minimum atomic E-state index is -0.700. The molecule has 0 atom stereocenters. The van der Waals surface area contributed by atoms with Crippen LogP contribution in [0.2, 0.25) is 0 Å². The van der Waals surface area contributed by atoms with Gasteiger partial charge >= 0.3 is 0 Å². The van der Waals surface area contributed by atoms with Gasteiger partial charge in [0.15, 0.2) is 23.3 Å². The molecule has 102 valence electrons. The fourth-order valence-electron chi connectivity index (χ4n) is 1.85. The summed E-state index contributed by atoms with van der Waals surface area (Å²) in [5.74, 6) is -0.564. The van der Waals surface area contributed by atoms with Crippen molar-refractivity contribution in [3.8, 4) is 5.82 Å². The van der Waals surface area contributed by atoms with E-state index in [1.54, 1.807) is 17.0 Å². The molecule has 1 N–H and O–H groups in total. The number of nitrogens with zero attached hydrogens (tertiary/aromatic N) is 3. The Morgan fingerprint density at radius 3 is 2.74 bits per heavy atom. The van der Waals surface area contributed by atoms with Gasteiger partial charge in [-0.3, -0.25) is 4.57 Å². The van der Waals surface area contributed by atoms with Crippen molar-refractivity contribution in [3.05, 3.63) is 35.9 Å². The summed E-state index contributed by atoms with van der Waals surface area (Å²) in [6, 6.07) is 0.843. The first-order valence-corrected chi connectivity index (χ1v) is 6.29.